The Balaban J connectivity index is 2.10. The van der Waals surface area contributed by atoms with Gasteiger partial charge in [-0.3, -0.25) is 0 Å². The van der Waals surface area contributed by atoms with Crippen LogP contribution in [0.15, 0.2) is 36.7 Å². The van der Waals surface area contributed by atoms with Gasteiger partial charge in [-0.1, -0.05) is 24.3 Å². The molecule has 1 aromatic heterocycles. The highest BCUT2D eigenvalue weighted by Gasteiger charge is 2.08. The molecule has 0 spiro atoms. The van der Waals surface area contributed by atoms with E-state index < -0.39 is 0 Å². The Kier molecular flexibility index (Phi) is 4.58. The number of aryl methyl sites for hydroxylation is 1. The number of rotatable bonds is 6. The second-order valence-corrected chi connectivity index (χ2v) is 4.81. The van der Waals surface area contributed by atoms with E-state index in [1.807, 2.05) is 12.4 Å². The van der Waals surface area contributed by atoms with E-state index in [2.05, 4.69) is 53.0 Å². The molecule has 0 saturated carbocycles. The molecule has 102 valence electrons. The van der Waals surface area contributed by atoms with Gasteiger partial charge in [0.25, 0.3) is 0 Å². The van der Waals surface area contributed by atoms with Gasteiger partial charge in [0.1, 0.15) is 0 Å². The predicted octanol–water partition coefficient (Wildman–Crippen LogP) is 2.69. The van der Waals surface area contributed by atoms with Crippen molar-refractivity contribution in [2.75, 3.05) is 19.0 Å². The molecule has 1 aromatic carbocycles. The lowest BCUT2D eigenvalue weighted by molar-refractivity contribution is 0.190. The fourth-order valence-corrected chi connectivity index (χ4v) is 2.06. The number of ether oxygens (including phenoxy) is 1. The van der Waals surface area contributed by atoms with Gasteiger partial charge in [0.2, 0.25) is 5.95 Å². The van der Waals surface area contributed by atoms with Crippen LogP contribution < -0.4 is 5.32 Å². The van der Waals surface area contributed by atoms with E-state index in [0.29, 0.717) is 6.61 Å². The van der Waals surface area contributed by atoms with E-state index in [1.165, 1.54) is 11.1 Å². The minimum atomic E-state index is 0.239. The minimum absolute atomic E-state index is 0.239. The van der Waals surface area contributed by atoms with Crippen molar-refractivity contribution in [1.29, 1.82) is 0 Å². The fourth-order valence-electron chi connectivity index (χ4n) is 2.06. The molecule has 0 aliphatic carbocycles. The van der Waals surface area contributed by atoms with E-state index in [0.717, 1.165) is 12.5 Å². The molecule has 0 fully saturated rings. The Morgan fingerprint density at radius 3 is 2.89 bits per heavy atom. The maximum absolute atomic E-state index is 5.13. The third-order valence-corrected chi connectivity index (χ3v) is 3.11. The van der Waals surface area contributed by atoms with Gasteiger partial charge < -0.3 is 14.6 Å². The van der Waals surface area contributed by atoms with E-state index >= 15 is 0 Å². The van der Waals surface area contributed by atoms with Crippen LogP contribution in [0.1, 0.15) is 18.1 Å². The summed E-state index contributed by atoms with van der Waals surface area (Å²) in [6.45, 7) is 5.70. The summed E-state index contributed by atoms with van der Waals surface area (Å²) in [5, 5.41) is 3.36. The molecule has 1 heterocycles. The van der Waals surface area contributed by atoms with Gasteiger partial charge in [-0.2, -0.15) is 0 Å². The molecule has 0 aliphatic heterocycles. The van der Waals surface area contributed by atoms with E-state index in [9.17, 15) is 0 Å². The number of nitrogens with one attached hydrogen (secondary N) is 1. The number of nitrogens with zero attached hydrogens (tertiary/aromatic N) is 2. The molecular weight excluding hydrogens is 238 g/mol. The molecule has 0 bridgehead atoms. The standard InChI is InChI=1S/C15H21N3O/c1-12-6-4-5-7-14(12)10-18-9-8-16-15(18)17-13(2)11-19-3/h4-9,13H,10-11H2,1-3H3,(H,16,17). The van der Waals surface area contributed by atoms with Crippen LogP contribution in [-0.2, 0) is 11.3 Å². The number of hydrogen-bond acceptors (Lipinski definition) is 3. The topological polar surface area (TPSA) is 39.1 Å². The molecular formula is C15H21N3O. The second-order valence-electron chi connectivity index (χ2n) is 4.81. The Bertz CT molecular complexity index is 522. The molecule has 4 heteroatoms. The number of benzene rings is 1. The van der Waals surface area contributed by atoms with Crippen LogP contribution in [0.3, 0.4) is 0 Å². The summed E-state index contributed by atoms with van der Waals surface area (Å²) in [6.07, 6.45) is 3.81. The van der Waals surface area contributed by atoms with Crippen molar-refractivity contribution < 1.29 is 4.74 Å². The summed E-state index contributed by atoms with van der Waals surface area (Å²) in [5.41, 5.74) is 2.61. The molecule has 0 radical (unpaired) electrons. The van der Waals surface area contributed by atoms with Crippen LogP contribution in [0, 0.1) is 6.92 Å². The first-order valence-electron chi connectivity index (χ1n) is 6.52. The molecule has 4 nitrogen and oxygen atoms in total. The predicted molar refractivity (Wildman–Crippen MR) is 77.5 cm³/mol. The SMILES string of the molecule is COCC(C)Nc1nccn1Cc1ccccc1C. The average Bonchev–Trinajstić information content (AvgIpc) is 2.80. The van der Waals surface area contributed by atoms with Gasteiger partial charge in [-0.25, -0.2) is 4.98 Å². The maximum atomic E-state index is 5.13. The number of anilines is 1. The second kappa shape index (κ2) is 6.38. The highest BCUT2D eigenvalue weighted by Crippen LogP contribution is 2.13. The zero-order valence-electron chi connectivity index (χ0n) is 11.8. The van der Waals surface area contributed by atoms with Crippen molar-refractivity contribution in [2.24, 2.45) is 0 Å². The molecule has 0 saturated heterocycles. The van der Waals surface area contributed by atoms with Crippen molar-refractivity contribution >= 4 is 5.95 Å². The summed E-state index contributed by atoms with van der Waals surface area (Å²) in [6, 6.07) is 8.65. The van der Waals surface area contributed by atoms with Crippen molar-refractivity contribution in [3.8, 4) is 0 Å². The lowest BCUT2D eigenvalue weighted by Crippen LogP contribution is -2.23. The van der Waals surface area contributed by atoms with Gasteiger partial charge in [0, 0.05) is 25.5 Å². The van der Waals surface area contributed by atoms with Gasteiger partial charge in [0.05, 0.1) is 13.2 Å². The highest BCUT2D eigenvalue weighted by molar-refractivity contribution is 5.31. The third kappa shape index (κ3) is 3.58. The zero-order valence-corrected chi connectivity index (χ0v) is 11.8. The van der Waals surface area contributed by atoms with Crippen LogP contribution in [-0.4, -0.2) is 29.3 Å². The first kappa shape index (κ1) is 13.6. The third-order valence-electron chi connectivity index (χ3n) is 3.11. The van der Waals surface area contributed by atoms with E-state index in [-0.39, 0.29) is 6.04 Å². The van der Waals surface area contributed by atoms with Crippen LogP contribution in [0.2, 0.25) is 0 Å². The van der Waals surface area contributed by atoms with E-state index in [1.54, 1.807) is 7.11 Å². The quantitative estimate of drug-likeness (QED) is 0.867. The summed E-state index contributed by atoms with van der Waals surface area (Å²) in [5.74, 6) is 0.882. The molecule has 2 rings (SSSR count). The molecule has 1 atom stereocenters. The Morgan fingerprint density at radius 1 is 1.37 bits per heavy atom. The number of methoxy groups -OCH3 is 1. The largest absolute Gasteiger partial charge is 0.383 e. The first-order chi connectivity index (χ1) is 9.20. The first-order valence-corrected chi connectivity index (χ1v) is 6.52. The molecule has 1 N–H and O–H groups in total. The molecule has 0 aliphatic rings. The van der Waals surface area contributed by atoms with Crippen molar-refractivity contribution in [3.63, 3.8) is 0 Å². The van der Waals surface area contributed by atoms with Crippen molar-refractivity contribution in [1.82, 2.24) is 9.55 Å². The monoisotopic (exact) mass is 259 g/mol. The average molecular weight is 259 g/mol. The van der Waals surface area contributed by atoms with Gasteiger partial charge in [-0.15, -0.1) is 0 Å². The summed E-state index contributed by atoms with van der Waals surface area (Å²) >= 11 is 0. The molecule has 19 heavy (non-hydrogen) atoms. The highest BCUT2D eigenvalue weighted by atomic mass is 16.5. The summed E-state index contributed by atoms with van der Waals surface area (Å²) in [4.78, 5) is 4.36. The van der Waals surface area contributed by atoms with Crippen molar-refractivity contribution in [3.05, 3.63) is 47.8 Å². The molecule has 0 amide bonds. The normalized spacial score (nSPS) is 12.4. The van der Waals surface area contributed by atoms with Crippen LogP contribution in [0.5, 0.6) is 0 Å². The lowest BCUT2D eigenvalue weighted by Gasteiger charge is -2.15. The maximum Gasteiger partial charge on any atom is 0.203 e. The zero-order chi connectivity index (χ0) is 13.7. The number of hydrogen-bond donors (Lipinski definition) is 1. The summed E-state index contributed by atoms with van der Waals surface area (Å²) < 4.78 is 7.25. The Morgan fingerprint density at radius 2 is 2.16 bits per heavy atom. The van der Waals surface area contributed by atoms with Gasteiger partial charge in [0.15, 0.2) is 0 Å². The number of aromatic nitrogens is 2. The van der Waals surface area contributed by atoms with Crippen LogP contribution >= 0.6 is 0 Å². The van der Waals surface area contributed by atoms with E-state index in [4.69, 9.17) is 4.74 Å². The van der Waals surface area contributed by atoms with Gasteiger partial charge in [-0.05, 0) is 25.0 Å². The smallest absolute Gasteiger partial charge is 0.203 e. The van der Waals surface area contributed by atoms with Crippen LogP contribution in [0.25, 0.3) is 0 Å². The Hall–Kier alpha value is -1.81. The molecule has 1 unspecified atom stereocenters. The number of imidazole rings is 1. The summed E-state index contributed by atoms with van der Waals surface area (Å²) in [7, 11) is 1.71. The lowest BCUT2D eigenvalue weighted by atomic mass is 10.1. The van der Waals surface area contributed by atoms with Crippen molar-refractivity contribution in [2.45, 2.75) is 26.4 Å². The fraction of sp³-hybridized carbons (Fsp3) is 0.400. The van der Waals surface area contributed by atoms with Crippen LogP contribution in [0.4, 0.5) is 5.95 Å². The van der Waals surface area contributed by atoms with Gasteiger partial charge >= 0.3 is 0 Å². The molecule has 2 aromatic rings. The Labute approximate surface area is 114 Å². The minimum Gasteiger partial charge on any atom is -0.383 e.